The summed E-state index contributed by atoms with van der Waals surface area (Å²) in [5.74, 6) is -0.760. The molecule has 1 heterocycles. The number of hydrogen-bond acceptors (Lipinski definition) is 7. The van der Waals surface area contributed by atoms with Crippen molar-refractivity contribution in [1.29, 1.82) is 0 Å². The lowest BCUT2D eigenvalue weighted by molar-refractivity contribution is -0.385. The lowest BCUT2D eigenvalue weighted by atomic mass is 10.2. The van der Waals surface area contributed by atoms with Crippen LogP contribution < -0.4 is 4.90 Å². The average molecular weight is 410 g/mol. The second-order valence-corrected chi connectivity index (χ2v) is 7.98. The predicted octanol–water partition coefficient (Wildman–Crippen LogP) is 2.15. The van der Waals surface area contributed by atoms with Gasteiger partial charge in [0.05, 0.1) is 26.5 Å². The molecule has 148 valence electrons. The van der Waals surface area contributed by atoms with Gasteiger partial charge in [0.1, 0.15) is 0 Å². The van der Waals surface area contributed by atoms with Crippen molar-refractivity contribution in [1.82, 2.24) is 4.31 Å². The van der Waals surface area contributed by atoms with Crippen molar-refractivity contribution in [2.24, 2.45) is 0 Å². The number of hydrogen-bond donors (Lipinski definition) is 0. The molecule has 0 aliphatic carbocycles. The van der Waals surface area contributed by atoms with Crippen LogP contribution in [0.1, 0.15) is 0 Å². The first kappa shape index (κ1) is 19.6. The Balaban J connectivity index is 1.75. The van der Waals surface area contributed by atoms with Gasteiger partial charge in [0.15, 0.2) is 5.82 Å². The lowest BCUT2D eigenvalue weighted by Crippen LogP contribution is -2.48. The van der Waals surface area contributed by atoms with Crippen molar-refractivity contribution in [2.75, 3.05) is 31.1 Å². The van der Waals surface area contributed by atoms with Gasteiger partial charge in [0.2, 0.25) is 10.0 Å². The summed E-state index contributed by atoms with van der Waals surface area (Å²) in [4.78, 5) is 21.6. The molecule has 1 saturated heterocycles. The Labute approximate surface area is 159 Å². The van der Waals surface area contributed by atoms with Gasteiger partial charge in [0, 0.05) is 44.4 Å². The Kier molecular flexibility index (Phi) is 5.25. The number of piperazine rings is 1. The lowest BCUT2D eigenvalue weighted by Gasteiger charge is -2.35. The molecule has 1 aliphatic rings. The van der Waals surface area contributed by atoms with Gasteiger partial charge in [-0.3, -0.25) is 20.2 Å². The molecule has 0 spiro atoms. The monoisotopic (exact) mass is 410 g/mol. The molecule has 1 aliphatic heterocycles. The van der Waals surface area contributed by atoms with Crippen LogP contribution in [0.4, 0.5) is 21.5 Å². The molecule has 0 N–H and O–H groups in total. The van der Waals surface area contributed by atoms with Crippen molar-refractivity contribution in [3.05, 3.63) is 68.5 Å². The molecule has 28 heavy (non-hydrogen) atoms. The molecule has 1 fully saturated rings. The molecule has 2 aromatic rings. The number of rotatable bonds is 5. The fourth-order valence-electron chi connectivity index (χ4n) is 2.94. The molecule has 3 rings (SSSR count). The predicted molar refractivity (Wildman–Crippen MR) is 97.1 cm³/mol. The average Bonchev–Trinajstić information content (AvgIpc) is 2.68. The molecule has 0 bridgehead atoms. The second kappa shape index (κ2) is 7.48. The number of non-ortho nitro benzene ring substituents is 2. The highest BCUT2D eigenvalue weighted by molar-refractivity contribution is 7.89. The standard InChI is InChI=1S/C16H15FN4O6S/c17-15-11-13(21(24)25)4-5-16(15)18-6-8-19(9-7-18)28(26,27)14-3-1-2-12(10-14)20(22)23/h1-5,10-11H,6-9H2. The molecule has 2 aromatic carbocycles. The smallest absolute Gasteiger partial charge is 0.272 e. The minimum absolute atomic E-state index is 0.0431. The van der Waals surface area contributed by atoms with Gasteiger partial charge in [0.25, 0.3) is 11.4 Å². The summed E-state index contributed by atoms with van der Waals surface area (Å²) >= 11 is 0. The van der Waals surface area contributed by atoms with E-state index in [1.807, 2.05) is 0 Å². The first-order chi connectivity index (χ1) is 13.2. The van der Waals surface area contributed by atoms with Crippen LogP contribution in [0.3, 0.4) is 0 Å². The topological polar surface area (TPSA) is 127 Å². The number of nitro groups is 2. The van der Waals surface area contributed by atoms with E-state index >= 15 is 0 Å². The van der Waals surface area contributed by atoms with E-state index in [1.54, 1.807) is 4.90 Å². The number of benzene rings is 2. The minimum atomic E-state index is -3.93. The third kappa shape index (κ3) is 3.77. The maximum atomic E-state index is 14.2. The van der Waals surface area contributed by atoms with E-state index in [2.05, 4.69) is 0 Å². The summed E-state index contributed by atoms with van der Waals surface area (Å²) in [5.41, 5.74) is -0.543. The number of sulfonamides is 1. The quantitative estimate of drug-likeness (QED) is 0.546. The van der Waals surface area contributed by atoms with Gasteiger partial charge < -0.3 is 4.90 Å². The van der Waals surface area contributed by atoms with E-state index in [0.717, 1.165) is 12.1 Å². The number of halogens is 1. The van der Waals surface area contributed by atoms with Crippen LogP contribution in [0.5, 0.6) is 0 Å². The van der Waals surface area contributed by atoms with Gasteiger partial charge in [-0.15, -0.1) is 0 Å². The molecule has 0 unspecified atom stereocenters. The Morgan fingerprint density at radius 3 is 2.07 bits per heavy atom. The van der Waals surface area contributed by atoms with Crippen molar-refractivity contribution in [3.63, 3.8) is 0 Å². The Bertz CT molecular complexity index is 1040. The van der Waals surface area contributed by atoms with Crippen molar-refractivity contribution < 1.29 is 22.7 Å². The fraction of sp³-hybridized carbons (Fsp3) is 0.250. The summed E-state index contributed by atoms with van der Waals surface area (Å²) in [6.07, 6.45) is 0. The van der Waals surface area contributed by atoms with Crippen LogP contribution in [0.15, 0.2) is 47.4 Å². The van der Waals surface area contributed by atoms with Gasteiger partial charge in [-0.1, -0.05) is 6.07 Å². The van der Waals surface area contributed by atoms with Crippen LogP contribution in [-0.4, -0.2) is 48.7 Å². The van der Waals surface area contributed by atoms with Crippen LogP contribution in [-0.2, 0) is 10.0 Å². The fourth-order valence-corrected chi connectivity index (χ4v) is 4.40. The number of nitrogens with zero attached hydrogens (tertiary/aromatic N) is 4. The molecule has 10 nitrogen and oxygen atoms in total. The van der Waals surface area contributed by atoms with Crippen LogP contribution in [0, 0.1) is 26.0 Å². The molecule has 0 amide bonds. The summed E-state index contributed by atoms with van der Waals surface area (Å²) in [7, 11) is -3.93. The maximum Gasteiger partial charge on any atom is 0.272 e. The first-order valence-corrected chi connectivity index (χ1v) is 9.57. The summed E-state index contributed by atoms with van der Waals surface area (Å²) in [6.45, 7) is 0.425. The second-order valence-electron chi connectivity index (χ2n) is 6.04. The summed E-state index contributed by atoms with van der Waals surface area (Å²) < 4.78 is 40.8. The zero-order valence-electron chi connectivity index (χ0n) is 14.4. The maximum absolute atomic E-state index is 14.2. The van der Waals surface area contributed by atoms with E-state index in [-0.39, 0.29) is 48.1 Å². The highest BCUT2D eigenvalue weighted by Crippen LogP contribution is 2.27. The van der Waals surface area contributed by atoms with E-state index in [9.17, 15) is 33.0 Å². The molecule has 0 saturated carbocycles. The largest absolute Gasteiger partial charge is 0.367 e. The molecular weight excluding hydrogens is 395 g/mol. The Morgan fingerprint density at radius 1 is 0.893 bits per heavy atom. The molecule has 0 aromatic heterocycles. The highest BCUT2D eigenvalue weighted by Gasteiger charge is 2.30. The molecule has 0 radical (unpaired) electrons. The van der Waals surface area contributed by atoms with Gasteiger partial charge in [-0.2, -0.15) is 4.31 Å². The minimum Gasteiger partial charge on any atom is -0.367 e. The normalized spacial score (nSPS) is 15.4. The van der Waals surface area contributed by atoms with Gasteiger partial charge in [-0.05, 0) is 12.1 Å². The van der Waals surface area contributed by atoms with Gasteiger partial charge in [-0.25, -0.2) is 12.8 Å². The van der Waals surface area contributed by atoms with E-state index in [4.69, 9.17) is 0 Å². The first-order valence-electron chi connectivity index (χ1n) is 8.13. The summed E-state index contributed by atoms with van der Waals surface area (Å²) in [5, 5.41) is 21.6. The molecular formula is C16H15FN4O6S. The van der Waals surface area contributed by atoms with Crippen LogP contribution >= 0.6 is 0 Å². The van der Waals surface area contributed by atoms with Crippen molar-refractivity contribution >= 4 is 27.1 Å². The third-order valence-corrected chi connectivity index (χ3v) is 6.28. The van der Waals surface area contributed by atoms with Crippen molar-refractivity contribution in [2.45, 2.75) is 4.90 Å². The van der Waals surface area contributed by atoms with E-state index in [0.29, 0.717) is 0 Å². The summed E-state index contributed by atoms with van der Waals surface area (Å²) in [6, 6.07) is 8.08. The van der Waals surface area contributed by atoms with Crippen molar-refractivity contribution in [3.8, 4) is 0 Å². The van der Waals surface area contributed by atoms with Gasteiger partial charge >= 0.3 is 0 Å². The number of nitro benzene ring substituents is 2. The highest BCUT2D eigenvalue weighted by atomic mass is 32.2. The van der Waals surface area contributed by atoms with Crippen LogP contribution in [0.2, 0.25) is 0 Å². The Hall–Kier alpha value is -3.12. The Morgan fingerprint density at radius 2 is 1.50 bits per heavy atom. The van der Waals surface area contributed by atoms with Crippen LogP contribution in [0.25, 0.3) is 0 Å². The third-order valence-electron chi connectivity index (χ3n) is 4.39. The molecule has 0 atom stereocenters. The van der Waals surface area contributed by atoms with E-state index in [1.165, 1.54) is 34.6 Å². The zero-order valence-corrected chi connectivity index (χ0v) is 15.2. The number of anilines is 1. The molecule has 12 heteroatoms. The van der Waals surface area contributed by atoms with E-state index < -0.39 is 25.7 Å². The SMILES string of the molecule is O=[N+]([O-])c1cccc(S(=O)(=O)N2CCN(c3ccc([N+](=O)[O-])cc3F)CC2)c1. The zero-order chi connectivity index (χ0) is 20.5.